The van der Waals surface area contributed by atoms with Gasteiger partial charge in [0.25, 0.3) is 12.3 Å². The van der Waals surface area contributed by atoms with Crippen LogP contribution in [-0.2, 0) is 0 Å². The predicted octanol–water partition coefficient (Wildman–Crippen LogP) is 1.41. The molecule has 3 atom stereocenters. The summed E-state index contributed by atoms with van der Waals surface area (Å²) < 4.78 is 49.3. The van der Waals surface area contributed by atoms with Crippen LogP contribution in [0.1, 0.15) is 12.8 Å². The number of halogens is 5. The molecule has 0 saturated heterocycles. The maximum atomic E-state index is 12.6. The largest absolute Gasteiger partial charge is 0.393 e. The lowest BCUT2D eigenvalue weighted by Crippen LogP contribution is -2.40. The van der Waals surface area contributed by atoms with Crippen molar-refractivity contribution in [1.29, 1.82) is 0 Å². The first-order valence-corrected chi connectivity index (χ1v) is 3.93. The van der Waals surface area contributed by atoms with Crippen molar-refractivity contribution in [3.63, 3.8) is 0 Å². The Labute approximate surface area is 84.9 Å². The zero-order valence-corrected chi connectivity index (χ0v) is 7.98. The molecule has 86 valence electrons. The van der Waals surface area contributed by atoms with E-state index in [0.717, 1.165) is 0 Å². The van der Waals surface area contributed by atoms with Gasteiger partial charge in [0, 0.05) is 18.8 Å². The summed E-state index contributed by atoms with van der Waals surface area (Å²) in [7, 11) is 0. The van der Waals surface area contributed by atoms with Crippen molar-refractivity contribution < 1.29 is 22.7 Å². The van der Waals surface area contributed by atoms with E-state index in [-0.39, 0.29) is 12.4 Å². The highest BCUT2D eigenvalue weighted by Gasteiger charge is 2.49. The summed E-state index contributed by atoms with van der Waals surface area (Å²) in [5.74, 6) is -4.26. The van der Waals surface area contributed by atoms with E-state index in [4.69, 9.17) is 10.8 Å². The van der Waals surface area contributed by atoms with Crippen LogP contribution in [0.15, 0.2) is 0 Å². The maximum Gasteiger partial charge on any atom is 0.253 e. The molecule has 3 N–H and O–H groups in total. The van der Waals surface area contributed by atoms with Gasteiger partial charge in [-0.3, -0.25) is 0 Å². The first-order valence-electron chi connectivity index (χ1n) is 3.93. The van der Waals surface area contributed by atoms with Gasteiger partial charge in [0.15, 0.2) is 0 Å². The molecular formula is C7H12ClF4NO. The second-order valence-corrected chi connectivity index (χ2v) is 3.41. The number of hydrogen-bond donors (Lipinski definition) is 2. The van der Waals surface area contributed by atoms with Gasteiger partial charge in [-0.15, -0.1) is 12.4 Å². The van der Waals surface area contributed by atoms with Gasteiger partial charge in [0.1, 0.15) is 0 Å². The molecule has 14 heavy (non-hydrogen) atoms. The quantitative estimate of drug-likeness (QED) is 0.714. The lowest BCUT2D eigenvalue weighted by atomic mass is 9.97. The monoisotopic (exact) mass is 237 g/mol. The zero-order chi connectivity index (χ0) is 10.2. The molecular weight excluding hydrogens is 226 g/mol. The summed E-state index contributed by atoms with van der Waals surface area (Å²) >= 11 is 0. The van der Waals surface area contributed by atoms with E-state index in [1.54, 1.807) is 0 Å². The van der Waals surface area contributed by atoms with Crippen molar-refractivity contribution in [2.75, 3.05) is 0 Å². The van der Waals surface area contributed by atoms with E-state index in [1.807, 2.05) is 0 Å². The summed E-state index contributed by atoms with van der Waals surface area (Å²) in [6.07, 6.45) is -5.80. The summed E-state index contributed by atoms with van der Waals surface area (Å²) in [6.45, 7) is 0. The molecule has 0 radical (unpaired) electrons. The molecule has 1 saturated carbocycles. The second kappa shape index (κ2) is 4.63. The Kier molecular flexibility index (Phi) is 4.61. The number of hydrogen-bond acceptors (Lipinski definition) is 2. The van der Waals surface area contributed by atoms with Crippen molar-refractivity contribution >= 4 is 12.4 Å². The topological polar surface area (TPSA) is 46.2 Å². The van der Waals surface area contributed by atoms with Crippen LogP contribution < -0.4 is 5.73 Å². The smallest absolute Gasteiger partial charge is 0.253 e. The molecule has 1 aliphatic carbocycles. The molecule has 1 rings (SSSR count). The molecule has 1 fully saturated rings. The number of aliphatic hydroxyl groups excluding tert-OH is 1. The fraction of sp³-hybridized carbons (Fsp3) is 1.00. The number of alkyl halides is 4. The van der Waals surface area contributed by atoms with E-state index >= 15 is 0 Å². The minimum Gasteiger partial charge on any atom is -0.393 e. The van der Waals surface area contributed by atoms with Gasteiger partial charge in [-0.2, -0.15) is 0 Å². The van der Waals surface area contributed by atoms with Crippen molar-refractivity contribution in [1.82, 2.24) is 0 Å². The minimum atomic E-state index is -3.06. The lowest BCUT2D eigenvalue weighted by molar-refractivity contribution is -0.00476. The fourth-order valence-corrected chi connectivity index (χ4v) is 1.60. The Morgan fingerprint density at radius 1 is 1.29 bits per heavy atom. The Morgan fingerprint density at radius 3 is 2.07 bits per heavy atom. The molecule has 0 aromatic heterocycles. The fourth-order valence-electron chi connectivity index (χ4n) is 1.60. The van der Waals surface area contributed by atoms with Crippen LogP contribution in [0.3, 0.4) is 0 Å². The van der Waals surface area contributed by atoms with E-state index in [9.17, 15) is 17.6 Å². The highest BCUT2D eigenvalue weighted by molar-refractivity contribution is 5.85. The Hall–Kier alpha value is -0.0700. The molecule has 0 spiro atoms. The number of nitrogens with two attached hydrogens (primary N) is 1. The molecule has 2 nitrogen and oxygen atoms in total. The third kappa shape index (κ3) is 2.96. The molecule has 0 heterocycles. The summed E-state index contributed by atoms with van der Waals surface area (Å²) in [4.78, 5) is 0. The molecule has 0 aromatic carbocycles. The Balaban J connectivity index is 0.00000169. The van der Waals surface area contributed by atoms with Gasteiger partial charge in [-0.25, -0.2) is 17.6 Å². The molecule has 1 aliphatic rings. The summed E-state index contributed by atoms with van der Waals surface area (Å²) in [5, 5.41) is 9.05. The normalized spacial score (nSPS) is 32.8. The average molecular weight is 238 g/mol. The van der Waals surface area contributed by atoms with Crippen LogP contribution in [0.5, 0.6) is 0 Å². The van der Waals surface area contributed by atoms with Crippen molar-refractivity contribution in [3.05, 3.63) is 0 Å². The number of rotatable bonds is 2. The molecule has 0 bridgehead atoms. The van der Waals surface area contributed by atoms with Gasteiger partial charge < -0.3 is 10.8 Å². The molecule has 3 unspecified atom stereocenters. The van der Waals surface area contributed by atoms with Crippen LogP contribution in [0, 0.1) is 5.92 Å². The Bertz CT molecular complexity index is 193. The number of aliphatic hydroxyl groups is 1. The third-order valence-electron chi connectivity index (χ3n) is 2.32. The molecule has 0 aromatic rings. The third-order valence-corrected chi connectivity index (χ3v) is 2.32. The maximum absolute atomic E-state index is 12.6. The molecule has 7 heteroatoms. The minimum absolute atomic E-state index is 0. The van der Waals surface area contributed by atoms with Gasteiger partial charge in [-0.05, 0) is 0 Å². The first kappa shape index (κ1) is 13.9. The summed E-state index contributed by atoms with van der Waals surface area (Å²) in [5.41, 5.74) is 4.99. The molecule has 0 aliphatic heterocycles. The second-order valence-electron chi connectivity index (χ2n) is 3.41. The van der Waals surface area contributed by atoms with Crippen LogP contribution in [0.2, 0.25) is 0 Å². The van der Waals surface area contributed by atoms with E-state index in [1.165, 1.54) is 0 Å². The van der Waals surface area contributed by atoms with Crippen LogP contribution in [-0.4, -0.2) is 29.6 Å². The van der Waals surface area contributed by atoms with Crippen LogP contribution in [0.25, 0.3) is 0 Å². The van der Waals surface area contributed by atoms with Gasteiger partial charge in [0.05, 0.1) is 12.1 Å². The van der Waals surface area contributed by atoms with Gasteiger partial charge >= 0.3 is 0 Å². The highest BCUT2D eigenvalue weighted by Crippen LogP contribution is 2.41. The standard InChI is InChI=1S/C7H11F4NO.ClH/c8-6(9)5(12)3-1-7(10,11)2-4(3)13;/h3-6,13H,1-2,12H2;1H. The Morgan fingerprint density at radius 2 is 1.79 bits per heavy atom. The SMILES string of the molecule is Cl.NC(C(F)F)C1CC(F)(F)CC1O. The predicted molar refractivity (Wildman–Crippen MR) is 44.9 cm³/mol. The highest BCUT2D eigenvalue weighted by atomic mass is 35.5. The van der Waals surface area contributed by atoms with Crippen LogP contribution >= 0.6 is 12.4 Å². The van der Waals surface area contributed by atoms with Crippen molar-refractivity contribution in [3.8, 4) is 0 Å². The van der Waals surface area contributed by atoms with Crippen LogP contribution in [0.4, 0.5) is 17.6 Å². The van der Waals surface area contributed by atoms with E-state index in [2.05, 4.69) is 0 Å². The van der Waals surface area contributed by atoms with Crippen molar-refractivity contribution in [2.45, 2.75) is 37.3 Å². The van der Waals surface area contributed by atoms with Crippen molar-refractivity contribution in [2.24, 2.45) is 11.7 Å². The first-order chi connectivity index (χ1) is 5.83. The zero-order valence-electron chi connectivity index (χ0n) is 7.17. The molecule has 0 amide bonds. The summed E-state index contributed by atoms with van der Waals surface area (Å²) in [6, 6.07) is -1.66. The van der Waals surface area contributed by atoms with Gasteiger partial charge in [0.2, 0.25) is 0 Å². The van der Waals surface area contributed by atoms with E-state index in [0.29, 0.717) is 0 Å². The van der Waals surface area contributed by atoms with Gasteiger partial charge in [-0.1, -0.05) is 0 Å². The average Bonchev–Trinajstić information content (AvgIpc) is 2.22. The lowest BCUT2D eigenvalue weighted by Gasteiger charge is -2.20. The van der Waals surface area contributed by atoms with E-state index < -0.39 is 43.3 Å².